The van der Waals surface area contributed by atoms with Crippen LogP contribution >= 0.6 is 0 Å². The SMILES string of the molecule is Cc1cc(-n2ncc(C#N)c2NC(=O)/C=C\c2ccc3c(c2)OCCO3)nc2c(C)cccc12. The quantitative estimate of drug-likeness (QED) is 0.463. The van der Waals surface area contributed by atoms with Gasteiger partial charge < -0.3 is 14.8 Å². The first-order valence-corrected chi connectivity index (χ1v) is 10.8. The summed E-state index contributed by atoms with van der Waals surface area (Å²) in [5, 5.41) is 17.7. The molecule has 3 heterocycles. The van der Waals surface area contributed by atoms with Gasteiger partial charge in [-0.3, -0.25) is 4.79 Å². The number of hydrogen-bond acceptors (Lipinski definition) is 6. The number of hydrogen-bond donors (Lipinski definition) is 1. The van der Waals surface area contributed by atoms with Gasteiger partial charge >= 0.3 is 0 Å². The summed E-state index contributed by atoms with van der Waals surface area (Å²) in [6.07, 6.45) is 4.48. The molecule has 0 spiro atoms. The molecule has 1 N–H and O–H groups in total. The Bertz CT molecular complexity index is 1500. The average Bonchev–Trinajstić information content (AvgIpc) is 3.25. The number of carbonyl (C=O) groups excluding carboxylic acids is 1. The van der Waals surface area contributed by atoms with Crippen LogP contribution in [0.4, 0.5) is 5.82 Å². The summed E-state index contributed by atoms with van der Waals surface area (Å²) in [6, 6.07) is 15.4. The lowest BCUT2D eigenvalue weighted by Gasteiger charge is -2.18. The van der Waals surface area contributed by atoms with Crippen LogP contribution in [-0.4, -0.2) is 33.9 Å². The molecule has 4 aromatic rings. The van der Waals surface area contributed by atoms with Crippen molar-refractivity contribution in [2.75, 3.05) is 18.5 Å². The van der Waals surface area contributed by atoms with Gasteiger partial charge in [-0.25, -0.2) is 4.98 Å². The molecule has 1 amide bonds. The number of aromatic nitrogens is 3. The normalized spacial score (nSPS) is 12.6. The van der Waals surface area contributed by atoms with Crippen LogP contribution in [-0.2, 0) is 4.79 Å². The number of anilines is 1. The van der Waals surface area contributed by atoms with E-state index in [1.165, 1.54) is 17.0 Å². The lowest BCUT2D eigenvalue weighted by atomic mass is 10.1. The molecule has 0 saturated heterocycles. The maximum absolute atomic E-state index is 12.7. The van der Waals surface area contributed by atoms with Crippen molar-refractivity contribution in [1.82, 2.24) is 14.8 Å². The highest BCUT2D eigenvalue weighted by molar-refractivity contribution is 6.02. The first-order chi connectivity index (χ1) is 16.5. The lowest BCUT2D eigenvalue weighted by Crippen LogP contribution is -2.15. The number of nitrogens with zero attached hydrogens (tertiary/aromatic N) is 4. The van der Waals surface area contributed by atoms with E-state index in [0.29, 0.717) is 30.5 Å². The summed E-state index contributed by atoms with van der Waals surface area (Å²) in [7, 11) is 0. The molecular weight excluding hydrogens is 430 g/mol. The predicted molar refractivity (Wildman–Crippen MR) is 128 cm³/mol. The molecule has 0 aliphatic carbocycles. The Kier molecular flexibility index (Phi) is 5.44. The lowest BCUT2D eigenvalue weighted by molar-refractivity contribution is -0.111. The Morgan fingerprint density at radius 1 is 1.12 bits per heavy atom. The van der Waals surface area contributed by atoms with Gasteiger partial charge in [0.2, 0.25) is 5.91 Å². The molecule has 8 heteroatoms. The van der Waals surface area contributed by atoms with Crippen molar-refractivity contribution < 1.29 is 14.3 Å². The zero-order valence-electron chi connectivity index (χ0n) is 18.7. The molecule has 1 aliphatic heterocycles. The second-order valence-electron chi connectivity index (χ2n) is 7.92. The van der Waals surface area contributed by atoms with Crippen molar-refractivity contribution >= 4 is 28.7 Å². The fourth-order valence-corrected chi connectivity index (χ4v) is 3.87. The topological polar surface area (TPSA) is 102 Å². The number of nitrogens with one attached hydrogen (secondary N) is 1. The number of nitriles is 1. The smallest absolute Gasteiger partial charge is 0.249 e. The van der Waals surface area contributed by atoms with E-state index in [4.69, 9.17) is 14.5 Å². The third-order valence-electron chi connectivity index (χ3n) is 5.58. The predicted octanol–water partition coefficient (Wildman–Crippen LogP) is 4.33. The maximum atomic E-state index is 12.7. The maximum Gasteiger partial charge on any atom is 0.249 e. The number of benzene rings is 2. The van der Waals surface area contributed by atoms with Crippen molar-refractivity contribution in [2.24, 2.45) is 0 Å². The van der Waals surface area contributed by atoms with E-state index in [-0.39, 0.29) is 11.4 Å². The van der Waals surface area contributed by atoms with Gasteiger partial charge in [-0.05, 0) is 54.8 Å². The van der Waals surface area contributed by atoms with Crippen molar-refractivity contribution in [3.63, 3.8) is 0 Å². The summed E-state index contributed by atoms with van der Waals surface area (Å²) in [5.74, 6) is 1.71. The Morgan fingerprint density at radius 3 is 2.76 bits per heavy atom. The van der Waals surface area contributed by atoms with E-state index in [9.17, 15) is 10.1 Å². The Hall–Kier alpha value is -4.64. The number of aryl methyl sites for hydroxylation is 2. The van der Waals surface area contributed by atoms with Crippen LogP contribution in [0.1, 0.15) is 22.3 Å². The molecule has 5 rings (SSSR count). The van der Waals surface area contributed by atoms with Crippen molar-refractivity contribution in [1.29, 1.82) is 5.26 Å². The van der Waals surface area contributed by atoms with Gasteiger partial charge in [0.25, 0.3) is 0 Å². The van der Waals surface area contributed by atoms with Gasteiger partial charge in [0, 0.05) is 11.5 Å². The summed E-state index contributed by atoms with van der Waals surface area (Å²) < 4.78 is 12.6. The Balaban J connectivity index is 1.44. The van der Waals surface area contributed by atoms with E-state index in [2.05, 4.69) is 16.5 Å². The molecule has 0 radical (unpaired) electrons. The first-order valence-electron chi connectivity index (χ1n) is 10.8. The molecule has 2 aromatic carbocycles. The molecule has 0 saturated carbocycles. The van der Waals surface area contributed by atoms with E-state index in [0.717, 1.165) is 27.6 Å². The second kappa shape index (κ2) is 8.71. The summed E-state index contributed by atoms with van der Waals surface area (Å²) in [4.78, 5) is 17.5. The number of ether oxygens (including phenoxy) is 2. The van der Waals surface area contributed by atoms with Crippen LogP contribution in [0.5, 0.6) is 11.5 Å². The molecule has 1 aliphatic rings. The molecule has 0 atom stereocenters. The van der Waals surface area contributed by atoms with Crippen molar-refractivity contribution in [3.05, 3.63) is 77.0 Å². The third-order valence-corrected chi connectivity index (χ3v) is 5.58. The van der Waals surface area contributed by atoms with Crippen LogP contribution in [0.15, 0.2) is 54.7 Å². The van der Waals surface area contributed by atoms with Gasteiger partial charge in [0.1, 0.15) is 24.8 Å². The van der Waals surface area contributed by atoms with Gasteiger partial charge in [-0.2, -0.15) is 15.0 Å². The van der Waals surface area contributed by atoms with E-state index in [1.54, 1.807) is 6.08 Å². The highest BCUT2D eigenvalue weighted by Crippen LogP contribution is 2.31. The average molecular weight is 451 g/mol. The minimum Gasteiger partial charge on any atom is -0.486 e. The minimum atomic E-state index is -0.401. The molecule has 0 fully saturated rings. The van der Waals surface area contributed by atoms with Crippen LogP contribution in [0.2, 0.25) is 0 Å². The first kappa shape index (κ1) is 21.2. The highest BCUT2D eigenvalue weighted by Gasteiger charge is 2.17. The number of carbonyl (C=O) groups is 1. The summed E-state index contributed by atoms with van der Waals surface area (Å²) in [5.41, 5.74) is 3.93. The monoisotopic (exact) mass is 451 g/mol. The number of rotatable bonds is 4. The van der Waals surface area contributed by atoms with E-state index in [1.807, 2.05) is 56.3 Å². The number of amides is 1. The Labute approximate surface area is 196 Å². The molecule has 0 bridgehead atoms. The minimum absolute atomic E-state index is 0.241. The summed E-state index contributed by atoms with van der Waals surface area (Å²) in [6.45, 7) is 5.00. The standard InChI is InChI=1S/C26H21N5O3/c1-16-4-3-5-20-17(2)12-23(29-25(16)20)31-26(19(14-27)15-28-31)30-24(32)9-7-18-6-8-21-22(13-18)34-11-10-33-21/h3-9,12-13,15H,10-11H2,1-2H3,(H,30,32)/b9-7-. The molecule has 0 unspecified atom stereocenters. The third kappa shape index (κ3) is 3.95. The largest absolute Gasteiger partial charge is 0.486 e. The number of pyridine rings is 1. The summed E-state index contributed by atoms with van der Waals surface area (Å²) >= 11 is 0. The van der Waals surface area contributed by atoms with E-state index >= 15 is 0 Å². The zero-order chi connectivity index (χ0) is 23.7. The number of fused-ring (bicyclic) bond motifs is 2. The van der Waals surface area contributed by atoms with Crippen molar-refractivity contribution in [2.45, 2.75) is 13.8 Å². The Morgan fingerprint density at radius 2 is 1.94 bits per heavy atom. The zero-order valence-corrected chi connectivity index (χ0v) is 18.7. The molecule has 34 heavy (non-hydrogen) atoms. The van der Waals surface area contributed by atoms with Gasteiger partial charge in [-0.1, -0.05) is 24.3 Å². The van der Waals surface area contributed by atoms with Gasteiger partial charge in [-0.15, -0.1) is 0 Å². The van der Waals surface area contributed by atoms with Crippen LogP contribution in [0.25, 0.3) is 22.8 Å². The van der Waals surface area contributed by atoms with Crippen molar-refractivity contribution in [3.8, 4) is 23.4 Å². The molecular formula is C26H21N5O3. The fraction of sp³-hybridized carbons (Fsp3) is 0.154. The second-order valence-corrected chi connectivity index (χ2v) is 7.92. The molecule has 2 aromatic heterocycles. The van der Waals surface area contributed by atoms with Gasteiger partial charge in [0.15, 0.2) is 23.1 Å². The van der Waals surface area contributed by atoms with Crippen LogP contribution in [0, 0.1) is 25.2 Å². The molecule has 8 nitrogen and oxygen atoms in total. The molecule has 168 valence electrons. The highest BCUT2D eigenvalue weighted by atomic mass is 16.6. The van der Waals surface area contributed by atoms with E-state index < -0.39 is 5.91 Å². The number of para-hydroxylation sites is 1. The fourth-order valence-electron chi connectivity index (χ4n) is 3.87. The van der Waals surface area contributed by atoms with Crippen LogP contribution in [0.3, 0.4) is 0 Å². The van der Waals surface area contributed by atoms with Crippen LogP contribution < -0.4 is 14.8 Å². The van der Waals surface area contributed by atoms with Gasteiger partial charge in [0.05, 0.1) is 11.7 Å².